The van der Waals surface area contributed by atoms with Crippen LogP contribution in [0.25, 0.3) is 0 Å². The number of hydrogen-bond donors (Lipinski definition) is 0. The lowest BCUT2D eigenvalue weighted by Crippen LogP contribution is -2.34. The summed E-state index contributed by atoms with van der Waals surface area (Å²) in [5.74, 6) is 1.12. The Balaban J connectivity index is 1.63. The summed E-state index contributed by atoms with van der Waals surface area (Å²) in [6.07, 6.45) is 2.34. The zero-order chi connectivity index (χ0) is 16.1. The molecule has 0 aliphatic carbocycles. The van der Waals surface area contributed by atoms with Gasteiger partial charge in [-0.25, -0.2) is 4.98 Å². The lowest BCUT2D eigenvalue weighted by atomic mass is 10.1. The minimum Gasteiger partial charge on any atom is -0.345 e. The second-order valence-corrected chi connectivity index (χ2v) is 6.46. The Kier molecular flexibility index (Phi) is 5.23. The molecule has 1 amide bonds. The highest BCUT2D eigenvalue weighted by Crippen LogP contribution is 2.20. The lowest BCUT2D eigenvalue weighted by molar-refractivity contribution is -0.130. The van der Waals surface area contributed by atoms with Gasteiger partial charge in [0.25, 0.3) is 0 Å². The van der Waals surface area contributed by atoms with Crippen LogP contribution in [-0.4, -0.2) is 46.3 Å². The second-order valence-electron chi connectivity index (χ2n) is 5.73. The van der Waals surface area contributed by atoms with Gasteiger partial charge in [0.15, 0.2) is 0 Å². The van der Waals surface area contributed by atoms with E-state index >= 15 is 0 Å². The third-order valence-electron chi connectivity index (χ3n) is 4.08. The first-order valence-corrected chi connectivity index (χ1v) is 8.93. The van der Waals surface area contributed by atoms with Gasteiger partial charge in [0.1, 0.15) is 5.82 Å². The Hall–Kier alpha value is -1.95. The van der Waals surface area contributed by atoms with E-state index in [1.807, 2.05) is 30.0 Å². The predicted octanol–water partition coefficient (Wildman–Crippen LogP) is 2.58. The molecule has 0 bridgehead atoms. The zero-order valence-electron chi connectivity index (χ0n) is 13.4. The lowest BCUT2D eigenvalue weighted by Gasteiger charge is -2.20. The molecule has 2 aromatic rings. The van der Waals surface area contributed by atoms with Crippen LogP contribution in [0, 0.1) is 0 Å². The van der Waals surface area contributed by atoms with E-state index in [1.54, 1.807) is 0 Å². The number of amides is 1. The molecule has 0 unspecified atom stereocenters. The molecule has 1 aromatic heterocycles. The van der Waals surface area contributed by atoms with Crippen LogP contribution in [0.4, 0.5) is 5.13 Å². The molecule has 0 saturated carbocycles. The van der Waals surface area contributed by atoms with Crippen LogP contribution in [0.2, 0.25) is 0 Å². The molecule has 5 nitrogen and oxygen atoms in total. The average Bonchev–Trinajstić information content (AvgIpc) is 2.90. The summed E-state index contributed by atoms with van der Waals surface area (Å²) in [6, 6.07) is 10.3. The molecule has 0 N–H and O–H groups in total. The minimum absolute atomic E-state index is 0.244. The van der Waals surface area contributed by atoms with Gasteiger partial charge in [-0.1, -0.05) is 37.3 Å². The second kappa shape index (κ2) is 7.55. The van der Waals surface area contributed by atoms with Crippen molar-refractivity contribution in [3.05, 3.63) is 41.7 Å². The van der Waals surface area contributed by atoms with E-state index in [9.17, 15) is 4.79 Å². The Morgan fingerprint density at radius 3 is 2.78 bits per heavy atom. The van der Waals surface area contributed by atoms with Gasteiger partial charge in [0, 0.05) is 50.6 Å². The van der Waals surface area contributed by atoms with Gasteiger partial charge < -0.3 is 9.80 Å². The molecule has 122 valence electrons. The SMILES string of the molecule is CCC(=O)N1CCCN(c2nc(Cc3ccccc3)ns2)CC1. The fourth-order valence-electron chi connectivity index (χ4n) is 2.81. The maximum absolute atomic E-state index is 11.9. The van der Waals surface area contributed by atoms with E-state index in [4.69, 9.17) is 4.98 Å². The first-order chi connectivity index (χ1) is 11.3. The molecule has 0 spiro atoms. The summed E-state index contributed by atoms with van der Waals surface area (Å²) in [7, 11) is 0. The molecule has 0 radical (unpaired) electrons. The number of benzene rings is 1. The summed E-state index contributed by atoms with van der Waals surface area (Å²) in [4.78, 5) is 20.8. The average molecular weight is 330 g/mol. The van der Waals surface area contributed by atoms with E-state index in [0.29, 0.717) is 6.42 Å². The number of nitrogens with zero attached hydrogens (tertiary/aromatic N) is 4. The van der Waals surface area contributed by atoms with Crippen LogP contribution >= 0.6 is 11.5 Å². The van der Waals surface area contributed by atoms with Gasteiger partial charge in [0.05, 0.1) is 0 Å². The Morgan fingerprint density at radius 2 is 2.00 bits per heavy atom. The highest BCUT2D eigenvalue weighted by Gasteiger charge is 2.20. The van der Waals surface area contributed by atoms with Crippen LogP contribution in [0.3, 0.4) is 0 Å². The molecule has 1 aliphatic heterocycles. The summed E-state index contributed by atoms with van der Waals surface area (Å²) < 4.78 is 4.50. The molecular formula is C17H22N4OS. The zero-order valence-corrected chi connectivity index (χ0v) is 14.3. The van der Waals surface area contributed by atoms with Crippen molar-refractivity contribution in [2.75, 3.05) is 31.1 Å². The van der Waals surface area contributed by atoms with E-state index in [2.05, 4.69) is 21.4 Å². The van der Waals surface area contributed by atoms with Crippen LogP contribution in [0.1, 0.15) is 31.2 Å². The van der Waals surface area contributed by atoms with Gasteiger partial charge >= 0.3 is 0 Å². The van der Waals surface area contributed by atoms with E-state index < -0.39 is 0 Å². The first-order valence-electron chi connectivity index (χ1n) is 8.15. The number of hydrogen-bond acceptors (Lipinski definition) is 5. The van der Waals surface area contributed by atoms with Gasteiger partial charge in [-0.15, -0.1) is 0 Å². The normalized spacial score (nSPS) is 15.5. The van der Waals surface area contributed by atoms with Crippen LogP contribution in [-0.2, 0) is 11.2 Å². The summed E-state index contributed by atoms with van der Waals surface area (Å²) in [6.45, 7) is 5.32. The van der Waals surface area contributed by atoms with Gasteiger partial charge in [-0.3, -0.25) is 4.79 Å². The molecular weight excluding hydrogens is 308 g/mol. The summed E-state index contributed by atoms with van der Waals surface area (Å²) in [5.41, 5.74) is 1.23. The Bertz CT molecular complexity index is 643. The Morgan fingerprint density at radius 1 is 1.17 bits per heavy atom. The Labute approximate surface area is 141 Å². The maximum Gasteiger partial charge on any atom is 0.222 e. The van der Waals surface area contributed by atoms with Crippen molar-refractivity contribution in [3.8, 4) is 0 Å². The van der Waals surface area contributed by atoms with Crippen molar-refractivity contribution in [1.29, 1.82) is 0 Å². The van der Waals surface area contributed by atoms with E-state index in [0.717, 1.165) is 50.0 Å². The standard InChI is InChI=1S/C17H22N4OS/c1-2-16(22)20-9-6-10-21(12-11-20)17-18-15(19-23-17)13-14-7-4-3-5-8-14/h3-5,7-8H,2,6,9-13H2,1H3. The molecule has 1 aliphatic rings. The van der Waals surface area contributed by atoms with Crippen LogP contribution in [0.15, 0.2) is 30.3 Å². The molecule has 3 rings (SSSR count). The van der Waals surface area contributed by atoms with Crippen LogP contribution in [0.5, 0.6) is 0 Å². The largest absolute Gasteiger partial charge is 0.345 e. The summed E-state index contributed by atoms with van der Waals surface area (Å²) >= 11 is 1.46. The van der Waals surface area contributed by atoms with E-state index in [1.165, 1.54) is 17.1 Å². The molecule has 23 heavy (non-hydrogen) atoms. The van der Waals surface area contributed by atoms with Gasteiger partial charge in [-0.05, 0) is 12.0 Å². The predicted molar refractivity (Wildman–Crippen MR) is 92.9 cm³/mol. The van der Waals surface area contributed by atoms with E-state index in [-0.39, 0.29) is 5.91 Å². The smallest absolute Gasteiger partial charge is 0.222 e. The summed E-state index contributed by atoms with van der Waals surface area (Å²) in [5, 5.41) is 0.974. The number of carbonyl (C=O) groups excluding carboxylic acids is 1. The molecule has 1 fully saturated rings. The third-order valence-corrected chi connectivity index (χ3v) is 4.90. The number of rotatable bonds is 4. The van der Waals surface area contributed by atoms with Crippen LogP contribution < -0.4 is 4.90 Å². The highest BCUT2D eigenvalue weighted by molar-refractivity contribution is 7.09. The van der Waals surface area contributed by atoms with Crippen molar-refractivity contribution in [2.45, 2.75) is 26.2 Å². The fourth-order valence-corrected chi connectivity index (χ4v) is 3.54. The van der Waals surface area contributed by atoms with Crippen molar-refractivity contribution >= 4 is 22.6 Å². The quantitative estimate of drug-likeness (QED) is 0.864. The van der Waals surface area contributed by atoms with Crippen molar-refractivity contribution in [3.63, 3.8) is 0 Å². The van der Waals surface area contributed by atoms with Crippen molar-refractivity contribution in [2.24, 2.45) is 0 Å². The van der Waals surface area contributed by atoms with Gasteiger partial charge in [0.2, 0.25) is 11.0 Å². The number of carbonyl (C=O) groups is 1. The van der Waals surface area contributed by atoms with Crippen molar-refractivity contribution < 1.29 is 4.79 Å². The maximum atomic E-state index is 11.9. The monoisotopic (exact) mass is 330 g/mol. The van der Waals surface area contributed by atoms with Gasteiger partial charge in [-0.2, -0.15) is 4.37 Å². The highest BCUT2D eigenvalue weighted by atomic mass is 32.1. The fraction of sp³-hybridized carbons (Fsp3) is 0.471. The third kappa shape index (κ3) is 4.07. The molecule has 1 saturated heterocycles. The van der Waals surface area contributed by atoms with Crippen molar-refractivity contribution in [1.82, 2.24) is 14.3 Å². The molecule has 1 aromatic carbocycles. The first kappa shape index (κ1) is 15.9. The number of anilines is 1. The number of aromatic nitrogens is 2. The minimum atomic E-state index is 0.244. The topological polar surface area (TPSA) is 49.3 Å². The molecule has 6 heteroatoms. The molecule has 2 heterocycles. The molecule has 0 atom stereocenters.